The minimum atomic E-state index is -0.242. The van der Waals surface area contributed by atoms with Crippen molar-refractivity contribution in [3.8, 4) is 5.75 Å². The zero-order valence-corrected chi connectivity index (χ0v) is 19.6. The lowest BCUT2D eigenvalue weighted by Crippen LogP contribution is -2.36. The molecule has 0 N–H and O–H groups in total. The topological polar surface area (TPSA) is 29.5 Å². The Labute approximate surface area is 200 Å². The number of benzene rings is 3. The van der Waals surface area contributed by atoms with Gasteiger partial charge in [-0.15, -0.1) is 0 Å². The van der Waals surface area contributed by atoms with Crippen LogP contribution in [0.4, 0.5) is 8.78 Å². The normalized spacial score (nSPS) is 14.9. The van der Waals surface area contributed by atoms with Crippen LogP contribution in [-0.2, 0) is 0 Å². The standard InChI is InChI=1S/C29H31F2NO2/c1-21(33)22-7-13-28(14-8-22)34-20-2-17-32-18-15-25(16-19-32)29(23-3-9-26(30)10-4-23)24-5-11-27(31)12-6-24/h3-14,25,29H,2,15-20H2,1H3. The summed E-state index contributed by atoms with van der Waals surface area (Å²) < 4.78 is 32.9. The molecule has 1 aliphatic heterocycles. The Hall–Kier alpha value is -3.05. The number of hydrogen-bond acceptors (Lipinski definition) is 3. The van der Waals surface area contributed by atoms with Crippen LogP contribution in [0, 0.1) is 17.6 Å². The minimum Gasteiger partial charge on any atom is -0.494 e. The number of Topliss-reactive ketones (excluding diaryl/α,β-unsaturated/α-hetero) is 1. The maximum absolute atomic E-state index is 13.5. The van der Waals surface area contributed by atoms with Gasteiger partial charge in [-0.25, -0.2) is 8.78 Å². The van der Waals surface area contributed by atoms with E-state index in [4.69, 9.17) is 4.74 Å². The lowest BCUT2D eigenvalue weighted by molar-refractivity contribution is 0.101. The molecule has 34 heavy (non-hydrogen) atoms. The molecule has 0 amide bonds. The molecule has 1 saturated heterocycles. The van der Waals surface area contributed by atoms with Gasteiger partial charge in [0.2, 0.25) is 0 Å². The maximum Gasteiger partial charge on any atom is 0.159 e. The van der Waals surface area contributed by atoms with E-state index in [1.807, 2.05) is 36.4 Å². The molecule has 1 fully saturated rings. The van der Waals surface area contributed by atoms with Crippen molar-refractivity contribution >= 4 is 5.78 Å². The number of carbonyl (C=O) groups excluding carboxylic acids is 1. The third-order valence-electron chi connectivity index (χ3n) is 6.71. The number of rotatable bonds is 9. The van der Waals surface area contributed by atoms with Crippen LogP contribution in [0.5, 0.6) is 5.75 Å². The molecule has 178 valence electrons. The van der Waals surface area contributed by atoms with Crippen molar-refractivity contribution in [2.45, 2.75) is 32.1 Å². The Morgan fingerprint density at radius 1 is 0.882 bits per heavy atom. The number of halogens is 2. The molecule has 3 aromatic rings. The highest BCUT2D eigenvalue weighted by Gasteiger charge is 2.29. The summed E-state index contributed by atoms with van der Waals surface area (Å²) in [7, 11) is 0. The summed E-state index contributed by atoms with van der Waals surface area (Å²) in [5, 5.41) is 0. The summed E-state index contributed by atoms with van der Waals surface area (Å²) in [6.07, 6.45) is 3.00. The van der Waals surface area contributed by atoms with Crippen LogP contribution < -0.4 is 4.74 Å². The van der Waals surface area contributed by atoms with Gasteiger partial charge in [-0.2, -0.15) is 0 Å². The van der Waals surface area contributed by atoms with Gasteiger partial charge in [-0.05, 0) is 105 Å². The summed E-state index contributed by atoms with van der Waals surface area (Å²) >= 11 is 0. The first-order valence-electron chi connectivity index (χ1n) is 12.0. The first kappa shape index (κ1) is 24.1. The van der Waals surface area contributed by atoms with Crippen molar-refractivity contribution in [3.05, 3.63) is 101 Å². The second-order valence-electron chi connectivity index (χ2n) is 9.04. The third-order valence-corrected chi connectivity index (χ3v) is 6.71. The van der Waals surface area contributed by atoms with E-state index in [1.165, 1.54) is 24.3 Å². The van der Waals surface area contributed by atoms with Gasteiger partial charge >= 0.3 is 0 Å². The van der Waals surface area contributed by atoms with Crippen LogP contribution in [0.15, 0.2) is 72.8 Å². The summed E-state index contributed by atoms with van der Waals surface area (Å²) in [4.78, 5) is 13.8. The number of likely N-dealkylation sites (tertiary alicyclic amines) is 1. The largest absolute Gasteiger partial charge is 0.494 e. The summed E-state index contributed by atoms with van der Waals surface area (Å²) in [5.74, 6) is 0.899. The Morgan fingerprint density at radius 2 is 1.41 bits per heavy atom. The number of ether oxygens (including phenoxy) is 1. The maximum atomic E-state index is 13.5. The summed E-state index contributed by atoms with van der Waals surface area (Å²) in [6.45, 7) is 5.15. The fourth-order valence-electron chi connectivity index (χ4n) is 4.85. The second-order valence-corrected chi connectivity index (χ2v) is 9.04. The molecule has 0 unspecified atom stereocenters. The Kier molecular flexibility index (Phi) is 8.07. The molecule has 4 rings (SSSR count). The van der Waals surface area contributed by atoms with Gasteiger partial charge in [0.1, 0.15) is 17.4 Å². The number of carbonyl (C=O) groups is 1. The lowest BCUT2D eigenvalue weighted by atomic mass is 9.76. The van der Waals surface area contributed by atoms with Crippen LogP contribution >= 0.6 is 0 Å². The highest BCUT2D eigenvalue weighted by molar-refractivity contribution is 5.94. The molecule has 0 radical (unpaired) electrons. The van der Waals surface area contributed by atoms with E-state index < -0.39 is 0 Å². The Morgan fingerprint density at radius 3 is 1.91 bits per heavy atom. The molecular weight excluding hydrogens is 432 g/mol. The first-order valence-corrected chi connectivity index (χ1v) is 12.0. The molecule has 3 nitrogen and oxygen atoms in total. The van der Waals surface area contributed by atoms with Crippen molar-refractivity contribution in [2.24, 2.45) is 5.92 Å². The molecule has 0 atom stereocenters. The Bertz CT molecular complexity index is 1010. The van der Waals surface area contributed by atoms with Crippen LogP contribution in [0.25, 0.3) is 0 Å². The van der Waals surface area contributed by atoms with Gasteiger partial charge in [-0.1, -0.05) is 24.3 Å². The molecular formula is C29H31F2NO2. The van der Waals surface area contributed by atoms with E-state index in [0.29, 0.717) is 18.1 Å². The number of ketones is 1. The van der Waals surface area contributed by atoms with E-state index >= 15 is 0 Å². The fraction of sp³-hybridized carbons (Fsp3) is 0.345. The molecule has 0 bridgehead atoms. The van der Waals surface area contributed by atoms with E-state index in [0.717, 1.165) is 55.8 Å². The second kappa shape index (κ2) is 11.4. The number of piperidine rings is 1. The molecule has 0 aliphatic carbocycles. The SMILES string of the molecule is CC(=O)c1ccc(OCCCN2CCC(C(c3ccc(F)cc3)c3ccc(F)cc3)CC2)cc1. The molecule has 0 spiro atoms. The van der Waals surface area contributed by atoms with Gasteiger partial charge < -0.3 is 9.64 Å². The Balaban J connectivity index is 1.29. The van der Waals surface area contributed by atoms with E-state index in [1.54, 1.807) is 19.1 Å². The summed E-state index contributed by atoms with van der Waals surface area (Å²) in [6, 6.07) is 20.7. The predicted molar refractivity (Wildman–Crippen MR) is 130 cm³/mol. The van der Waals surface area contributed by atoms with Gasteiger partial charge in [0.15, 0.2) is 5.78 Å². The number of hydrogen-bond donors (Lipinski definition) is 0. The van der Waals surface area contributed by atoms with Crippen molar-refractivity contribution in [3.63, 3.8) is 0 Å². The summed E-state index contributed by atoms with van der Waals surface area (Å²) in [5.41, 5.74) is 2.85. The molecule has 1 aliphatic rings. The molecule has 0 saturated carbocycles. The zero-order valence-electron chi connectivity index (χ0n) is 19.6. The van der Waals surface area contributed by atoms with Crippen LogP contribution in [0.2, 0.25) is 0 Å². The van der Waals surface area contributed by atoms with Gasteiger partial charge in [0.25, 0.3) is 0 Å². The predicted octanol–water partition coefficient (Wildman–Crippen LogP) is 6.48. The molecule has 0 aromatic heterocycles. The van der Waals surface area contributed by atoms with Crippen LogP contribution in [0.1, 0.15) is 53.6 Å². The monoisotopic (exact) mass is 463 g/mol. The molecule has 5 heteroatoms. The van der Waals surface area contributed by atoms with Crippen molar-refractivity contribution in [2.75, 3.05) is 26.2 Å². The fourth-order valence-corrected chi connectivity index (χ4v) is 4.85. The number of nitrogens with zero attached hydrogens (tertiary/aromatic N) is 1. The average molecular weight is 464 g/mol. The van der Waals surface area contributed by atoms with E-state index in [2.05, 4.69) is 4.90 Å². The van der Waals surface area contributed by atoms with Crippen molar-refractivity contribution in [1.82, 2.24) is 4.90 Å². The van der Waals surface area contributed by atoms with E-state index in [-0.39, 0.29) is 23.3 Å². The highest BCUT2D eigenvalue weighted by Crippen LogP contribution is 2.38. The zero-order chi connectivity index (χ0) is 23.9. The highest BCUT2D eigenvalue weighted by atomic mass is 19.1. The molecule has 3 aromatic carbocycles. The van der Waals surface area contributed by atoms with Crippen molar-refractivity contribution < 1.29 is 18.3 Å². The van der Waals surface area contributed by atoms with E-state index in [9.17, 15) is 13.6 Å². The van der Waals surface area contributed by atoms with Gasteiger partial charge in [0.05, 0.1) is 6.61 Å². The average Bonchev–Trinajstić information content (AvgIpc) is 2.85. The third kappa shape index (κ3) is 6.29. The first-order chi connectivity index (χ1) is 16.5. The lowest BCUT2D eigenvalue weighted by Gasteiger charge is -2.36. The smallest absolute Gasteiger partial charge is 0.159 e. The molecule has 1 heterocycles. The van der Waals surface area contributed by atoms with Crippen LogP contribution in [0.3, 0.4) is 0 Å². The minimum absolute atomic E-state index is 0.0519. The van der Waals surface area contributed by atoms with Crippen LogP contribution in [-0.4, -0.2) is 36.9 Å². The van der Waals surface area contributed by atoms with Gasteiger partial charge in [-0.3, -0.25) is 4.79 Å². The quantitative estimate of drug-likeness (QED) is 0.269. The van der Waals surface area contributed by atoms with Gasteiger partial charge in [0, 0.05) is 18.0 Å². The van der Waals surface area contributed by atoms with Crippen molar-refractivity contribution in [1.29, 1.82) is 0 Å².